The second-order valence-corrected chi connectivity index (χ2v) is 27.4. The van der Waals surface area contributed by atoms with E-state index in [9.17, 15) is 19.4 Å². The minimum atomic E-state index is -4.37. The van der Waals surface area contributed by atoms with Gasteiger partial charge in [-0.3, -0.25) is 13.8 Å². The molecular formula is C79H142N2O6P+. The molecule has 3 unspecified atom stereocenters. The summed E-state index contributed by atoms with van der Waals surface area (Å²) < 4.78 is 23.8. The Balaban J connectivity index is 4.06. The van der Waals surface area contributed by atoms with Crippen LogP contribution in [0.2, 0.25) is 0 Å². The van der Waals surface area contributed by atoms with Crippen molar-refractivity contribution >= 4 is 13.7 Å². The number of quaternary nitrogens is 1. The van der Waals surface area contributed by atoms with Gasteiger partial charge in [-0.15, -0.1) is 0 Å². The van der Waals surface area contributed by atoms with Crippen LogP contribution in [0, 0.1) is 0 Å². The van der Waals surface area contributed by atoms with Crippen molar-refractivity contribution in [2.24, 2.45) is 0 Å². The quantitative estimate of drug-likeness (QED) is 0.0243. The number of likely N-dealkylation sites (N-methyl/N-ethyl adjacent to an activating group) is 1. The van der Waals surface area contributed by atoms with E-state index >= 15 is 0 Å². The molecule has 0 aromatic carbocycles. The molecule has 1 amide bonds. The lowest BCUT2D eigenvalue weighted by Crippen LogP contribution is -2.45. The summed E-state index contributed by atoms with van der Waals surface area (Å²) in [6.45, 7) is 4.71. The fourth-order valence-corrected chi connectivity index (χ4v) is 11.2. The molecule has 0 aliphatic carbocycles. The largest absolute Gasteiger partial charge is 0.472 e. The first-order valence-corrected chi connectivity index (χ1v) is 38.4. The molecule has 0 heterocycles. The number of phosphoric acid groups is 1. The molecule has 0 saturated heterocycles. The van der Waals surface area contributed by atoms with Crippen LogP contribution < -0.4 is 5.32 Å². The third-order valence-corrected chi connectivity index (χ3v) is 17.1. The number of carbonyl (C=O) groups excluding carboxylic acids is 1. The highest BCUT2D eigenvalue weighted by molar-refractivity contribution is 7.47. The van der Waals surface area contributed by atoms with Gasteiger partial charge in [0.15, 0.2) is 0 Å². The number of carbonyl (C=O) groups is 1. The maximum Gasteiger partial charge on any atom is 0.472 e. The van der Waals surface area contributed by atoms with E-state index in [1.54, 1.807) is 6.08 Å². The van der Waals surface area contributed by atoms with Crippen molar-refractivity contribution in [3.05, 3.63) is 122 Å². The number of nitrogens with one attached hydrogen (secondary N) is 1. The Kier molecular flexibility index (Phi) is 65.9. The molecule has 0 radical (unpaired) electrons. The highest BCUT2D eigenvalue weighted by Gasteiger charge is 2.28. The second kappa shape index (κ2) is 68.3. The van der Waals surface area contributed by atoms with Crippen LogP contribution in [0.1, 0.15) is 322 Å². The summed E-state index contributed by atoms with van der Waals surface area (Å²) in [5.41, 5.74) is 0. The molecule has 88 heavy (non-hydrogen) atoms. The fourth-order valence-electron chi connectivity index (χ4n) is 10.5. The van der Waals surface area contributed by atoms with E-state index in [2.05, 4.69) is 129 Å². The van der Waals surface area contributed by atoms with E-state index < -0.39 is 20.0 Å². The zero-order valence-electron chi connectivity index (χ0n) is 58.2. The molecule has 9 heteroatoms. The van der Waals surface area contributed by atoms with E-state index in [1.165, 1.54) is 212 Å². The third kappa shape index (κ3) is 70.4. The van der Waals surface area contributed by atoms with E-state index in [0.717, 1.165) is 89.9 Å². The summed E-state index contributed by atoms with van der Waals surface area (Å²) >= 11 is 0. The number of rotatable bonds is 67. The van der Waals surface area contributed by atoms with Gasteiger partial charge in [-0.2, -0.15) is 0 Å². The molecule has 0 fully saturated rings. The van der Waals surface area contributed by atoms with E-state index in [-0.39, 0.29) is 19.1 Å². The van der Waals surface area contributed by atoms with Gasteiger partial charge in [0.2, 0.25) is 5.91 Å². The molecule has 0 bridgehead atoms. The van der Waals surface area contributed by atoms with Crippen molar-refractivity contribution in [1.29, 1.82) is 0 Å². The first kappa shape index (κ1) is 84.9. The van der Waals surface area contributed by atoms with Gasteiger partial charge < -0.3 is 19.8 Å². The molecule has 0 saturated carbocycles. The minimum Gasteiger partial charge on any atom is -0.387 e. The number of aliphatic hydroxyl groups is 1. The van der Waals surface area contributed by atoms with E-state index in [4.69, 9.17) is 9.05 Å². The number of nitrogens with zero attached hydrogens (tertiary/aromatic N) is 1. The molecule has 0 rings (SSSR count). The van der Waals surface area contributed by atoms with Gasteiger partial charge >= 0.3 is 7.82 Å². The normalized spacial score (nSPS) is 14.3. The number of unbranched alkanes of at least 4 members (excludes halogenated alkanes) is 36. The Morgan fingerprint density at radius 1 is 0.398 bits per heavy atom. The maximum absolute atomic E-state index is 13.1. The van der Waals surface area contributed by atoms with Crippen LogP contribution in [-0.2, 0) is 18.4 Å². The molecule has 0 spiro atoms. The van der Waals surface area contributed by atoms with Crippen molar-refractivity contribution in [2.75, 3.05) is 40.9 Å². The Morgan fingerprint density at radius 3 is 1.05 bits per heavy atom. The second-order valence-electron chi connectivity index (χ2n) is 25.9. The predicted molar refractivity (Wildman–Crippen MR) is 387 cm³/mol. The summed E-state index contributed by atoms with van der Waals surface area (Å²) in [6, 6.07) is -0.871. The van der Waals surface area contributed by atoms with Gasteiger partial charge in [-0.05, 0) is 96.3 Å². The van der Waals surface area contributed by atoms with Gasteiger partial charge in [-0.25, -0.2) is 4.57 Å². The summed E-state index contributed by atoms with van der Waals surface area (Å²) in [5, 5.41) is 14.0. The maximum atomic E-state index is 13.1. The SMILES string of the molecule is CC/C=C\C/C=C\C/C=C\C/C=C\C/C=C\C/C=C\C/C=C\C/C=C\CCCCCCCCCCCCCCCCCCC(=O)NC(COP(=O)(O)OCC[N+](C)(C)C)C(O)/C=C/CC/C=C/CCCCCCCCCCCCCCCCCCCCC. The van der Waals surface area contributed by atoms with Gasteiger partial charge in [0.05, 0.1) is 39.9 Å². The summed E-state index contributed by atoms with van der Waals surface area (Å²) in [6.07, 6.45) is 102. The zero-order chi connectivity index (χ0) is 64.1. The zero-order valence-corrected chi connectivity index (χ0v) is 59.1. The third-order valence-electron chi connectivity index (χ3n) is 16.2. The van der Waals surface area contributed by atoms with E-state index in [0.29, 0.717) is 17.4 Å². The monoisotopic (exact) mass is 1250 g/mol. The number of phosphoric ester groups is 1. The molecule has 0 aromatic rings. The molecule has 0 aliphatic heterocycles. The standard InChI is InChI=1S/C79H141N2O6P/c1-6-8-10-12-14-16-18-20-22-24-26-28-30-32-33-34-35-36-37-38-39-40-41-42-43-44-45-46-47-49-51-53-55-57-59-61-63-65-67-69-71-73-79(83)80-77(76-87-88(84,85)86-75-74-81(3,4)5)78(82)72-70-68-66-64-62-60-58-56-54-52-50-48-31-29-27-25-23-21-19-17-15-13-11-9-7-2/h8,10,14,16,20,22,26,28,32-33,35-36,38-39,41-42,62,64,70,72,77-78,82H,6-7,9,11-13,15,17-19,21,23-25,27,29-31,34,37,40,43-61,63,65-69,71,73-76H2,1-5H3,(H-,80,83,84,85)/p+1/b10-8-,16-14-,22-20-,28-26-,33-32-,36-35-,39-38-,42-41-,64-62+,72-70+. The van der Waals surface area contributed by atoms with Crippen molar-refractivity contribution in [1.82, 2.24) is 5.32 Å². The smallest absolute Gasteiger partial charge is 0.387 e. The molecule has 0 aliphatic rings. The summed E-state index contributed by atoms with van der Waals surface area (Å²) in [7, 11) is 1.55. The van der Waals surface area contributed by atoms with Crippen LogP contribution in [0.3, 0.4) is 0 Å². The van der Waals surface area contributed by atoms with Crippen molar-refractivity contribution in [3.63, 3.8) is 0 Å². The number of amides is 1. The van der Waals surface area contributed by atoms with Gasteiger partial charge in [0, 0.05) is 6.42 Å². The Morgan fingerprint density at radius 2 is 0.693 bits per heavy atom. The Labute approximate surface area is 545 Å². The Bertz CT molecular complexity index is 1850. The molecule has 508 valence electrons. The number of aliphatic hydroxyl groups excluding tert-OH is 1. The van der Waals surface area contributed by atoms with Crippen LogP contribution in [0.5, 0.6) is 0 Å². The lowest BCUT2D eigenvalue weighted by atomic mass is 10.0. The highest BCUT2D eigenvalue weighted by Crippen LogP contribution is 2.43. The van der Waals surface area contributed by atoms with Gasteiger partial charge in [0.1, 0.15) is 13.2 Å². The average Bonchev–Trinajstić information content (AvgIpc) is 3.71. The van der Waals surface area contributed by atoms with Crippen molar-refractivity contribution < 1.29 is 32.9 Å². The first-order chi connectivity index (χ1) is 43.0. The van der Waals surface area contributed by atoms with Crippen LogP contribution in [0.25, 0.3) is 0 Å². The van der Waals surface area contributed by atoms with Crippen LogP contribution in [0.4, 0.5) is 0 Å². The predicted octanol–water partition coefficient (Wildman–Crippen LogP) is 24.0. The lowest BCUT2D eigenvalue weighted by molar-refractivity contribution is -0.870. The minimum absolute atomic E-state index is 0.0530. The van der Waals surface area contributed by atoms with Crippen molar-refractivity contribution in [3.8, 4) is 0 Å². The highest BCUT2D eigenvalue weighted by atomic mass is 31.2. The fraction of sp³-hybridized carbons (Fsp3) is 0.734. The van der Waals surface area contributed by atoms with Crippen LogP contribution >= 0.6 is 7.82 Å². The first-order valence-electron chi connectivity index (χ1n) is 36.9. The topological polar surface area (TPSA) is 105 Å². The molecule has 0 aromatic heterocycles. The van der Waals surface area contributed by atoms with Crippen molar-refractivity contribution in [2.45, 2.75) is 334 Å². The van der Waals surface area contributed by atoms with Crippen LogP contribution in [-0.4, -0.2) is 73.4 Å². The van der Waals surface area contributed by atoms with Crippen LogP contribution in [0.15, 0.2) is 122 Å². The molecular weight excluding hydrogens is 1100 g/mol. The average molecular weight is 1250 g/mol. The van der Waals surface area contributed by atoms with Gasteiger partial charge in [0.25, 0.3) is 0 Å². The summed E-state index contributed by atoms with van der Waals surface area (Å²) in [4.78, 5) is 23.4. The molecule has 8 nitrogen and oxygen atoms in total. The number of allylic oxidation sites excluding steroid dienone is 19. The molecule has 3 atom stereocenters. The van der Waals surface area contributed by atoms with Gasteiger partial charge in [-0.1, -0.05) is 341 Å². The summed E-state index contributed by atoms with van der Waals surface area (Å²) in [5.74, 6) is -0.186. The lowest BCUT2D eigenvalue weighted by Gasteiger charge is -2.25. The number of hydrogen-bond donors (Lipinski definition) is 3. The Hall–Kier alpha value is -3.10. The van der Waals surface area contributed by atoms with E-state index in [1.807, 2.05) is 27.2 Å². The number of hydrogen-bond acceptors (Lipinski definition) is 5. The molecule has 3 N–H and O–H groups in total.